The van der Waals surface area contributed by atoms with Gasteiger partial charge in [0.25, 0.3) is 5.91 Å². The second kappa shape index (κ2) is 6.43. The normalized spacial score (nSPS) is 27.0. The van der Waals surface area contributed by atoms with Crippen molar-refractivity contribution in [3.63, 3.8) is 0 Å². The lowest BCUT2D eigenvalue weighted by Gasteiger charge is -2.27. The Balaban J connectivity index is 1.42. The first-order valence-electron chi connectivity index (χ1n) is 9.42. The third-order valence-corrected chi connectivity index (χ3v) is 6.10. The summed E-state index contributed by atoms with van der Waals surface area (Å²) < 4.78 is 13.1. The molecule has 134 valence electrons. The Morgan fingerprint density at radius 1 is 1.08 bits per heavy atom. The van der Waals surface area contributed by atoms with Gasteiger partial charge < -0.3 is 9.80 Å². The highest BCUT2D eigenvalue weighted by Crippen LogP contribution is 2.43. The van der Waals surface area contributed by atoms with Gasteiger partial charge >= 0.3 is 0 Å². The number of rotatable bonds is 3. The van der Waals surface area contributed by atoms with E-state index in [4.69, 9.17) is 0 Å². The zero-order valence-corrected chi connectivity index (χ0v) is 14.5. The van der Waals surface area contributed by atoms with Crippen LogP contribution in [0.3, 0.4) is 0 Å². The lowest BCUT2D eigenvalue weighted by atomic mass is 9.79. The number of benzene rings is 1. The molecule has 25 heavy (non-hydrogen) atoms. The summed E-state index contributed by atoms with van der Waals surface area (Å²) in [6, 6.07) is 5.72. The Hall–Kier alpha value is -1.91. The molecule has 2 amide bonds. The van der Waals surface area contributed by atoms with Crippen molar-refractivity contribution in [2.75, 3.05) is 26.2 Å². The van der Waals surface area contributed by atoms with E-state index in [2.05, 4.69) is 4.90 Å². The molecule has 2 saturated heterocycles. The van der Waals surface area contributed by atoms with Gasteiger partial charge in [0.05, 0.1) is 5.41 Å². The van der Waals surface area contributed by atoms with Gasteiger partial charge in [0.15, 0.2) is 0 Å². The van der Waals surface area contributed by atoms with Crippen LogP contribution in [0.5, 0.6) is 0 Å². The molecule has 1 aromatic carbocycles. The first-order chi connectivity index (χ1) is 12.1. The minimum absolute atomic E-state index is 0.0580. The molecule has 5 heteroatoms. The van der Waals surface area contributed by atoms with Crippen molar-refractivity contribution in [3.8, 4) is 0 Å². The Bertz CT molecular complexity index is 671. The van der Waals surface area contributed by atoms with Gasteiger partial charge in [0, 0.05) is 31.7 Å². The average Bonchev–Trinajstić information content (AvgIpc) is 3.40. The van der Waals surface area contributed by atoms with Gasteiger partial charge in [-0.15, -0.1) is 0 Å². The van der Waals surface area contributed by atoms with Crippen LogP contribution in [0, 0.1) is 17.2 Å². The molecular weight excluding hydrogens is 319 g/mol. The highest BCUT2D eigenvalue weighted by molar-refractivity contribution is 5.94. The van der Waals surface area contributed by atoms with Gasteiger partial charge in [0.1, 0.15) is 5.82 Å². The lowest BCUT2D eigenvalue weighted by molar-refractivity contribution is -0.136. The number of hydrogen-bond acceptors (Lipinski definition) is 2. The Kier molecular flexibility index (Phi) is 4.26. The summed E-state index contributed by atoms with van der Waals surface area (Å²) in [6.07, 6.45) is 5.93. The van der Waals surface area contributed by atoms with Crippen LogP contribution in [0.1, 0.15) is 48.9 Å². The number of nitrogens with zero attached hydrogens (tertiary/aromatic N) is 2. The van der Waals surface area contributed by atoms with Gasteiger partial charge in [-0.2, -0.15) is 0 Å². The van der Waals surface area contributed by atoms with E-state index < -0.39 is 0 Å². The SMILES string of the molecule is O=C(c1ccc(F)cc1)N1CCC[C@]2(CC1)CCN(CC1CC1)C2=O. The summed E-state index contributed by atoms with van der Waals surface area (Å²) in [5.74, 6) is 0.646. The van der Waals surface area contributed by atoms with Crippen LogP contribution >= 0.6 is 0 Å². The van der Waals surface area contributed by atoms with Crippen LogP contribution in [0.25, 0.3) is 0 Å². The van der Waals surface area contributed by atoms with Crippen LogP contribution < -0.4 is 0 Å². The van der Waals surface area contributed by atoms with Crippen LogP contribution in [-0.2, 0) is 4.79 Å². The van der Waals surface area contributed by atoms with E-state index in [1.54, 1.807) is 0 Å². The van der Waals surface area contributed by atoms with E-state index in [-0.39, 0.29) is 17.1 Å². The fourth-order valence-corrected chi connectivity index (χ4v) is 4.32. The summed E-state index contributed by atoms with van der Waals surface area (Å²) in [6.45, 7) is 3.09. The molecular formula is C20H25FN2O2. The predicted molar refractivity (Wildman–Crippen MR) is 92.5 cm³/mol. The molecule has 0 radical (unpaired) electrons. The molecule has 3 aliphatic rings. The van der Waals surface area contributed by atoms with Gasteiger partial charge in [-0.25, -0.2) is 4.39 Å². The number of amides is 2. The van der Waals surface area contributed by atoms with Crippen LogP contribution in [0.15, 0.2) is 24.3 Å². The van der Waals surface area contributed by atoms with Crippen molar-refractivity contribution in [2.24, 2.45) is 11.3 Å². The maximum absolute atomic E-state index is 13.1. The summed E-state index contributed by atoms with van der Waals surface area (Å²) in [5, 5.41) is 0. The van der Waals surface area contributed by atoms with Crippen LogP contribution in [0.4, 0.5) is 4.39 Å². The minimum atomic E-state index is -0.335. The smallest absolute Gasteiger partial charge is 0.253 e. The molecule has 0 unspecified atom stereocenters. The molecule has 4 nitrogen and oxygen atoms in total. The maximum Gasteiger partial charge on any atom is 0.253 e. The molecule has 2 aliphatic heterocycles. The van der Waals surface area contributed by atoms with Crippen LogP contribution in [0.2, 0.25) is 0 Å². The van der Waals surface area contributed by atoms with E-state index in [0.29, 0.717) is 24.6 Å². The third-order valence-electron chi connectivity index (χ3n) is 6.10. The zero-order valence-electron chi connectivity index (χ0n) is 14.5. The van der Waals surface area contributed by atoms with E-state index in [9.17, 15) is 14.0 Å². The Morgan fingerprint density at radius 3 is 2.52 bits per heavy atom. The largest absolute Gasteiger partial charge is 0.342 e. The van der Waals surface area contributed by atoms with Crippen molar-refractivity contribution >= 4 is 11.8 Å². The van der Waals surface area contributed by atoms with Gasteiger partial charge in [0.2, 0.25) is 5.91 Å². The minimum Gasteiger partial charge on any atom is -0.342 e. The first kappa shape index (κ1) is 16.6. The summed E-state index contributed by atoms with van der Waals surface area (Å²) >= 11 is 0. The molecule has 3 fully saturated rings. The van der Waals surface area contributed by atoms with E-state index in [1.165, 1.54) is 37.1 Å². The number of carbonyl (C=O) groups excluding carboxylic acids is 2. The molecule has 0 bridgehead atoms. The second-order valence-electron chi connectivity index (χ2n) is 7.88. The first-order valence-corrected chi connectivity index (χ1v) is 9.42. The van der Waals surface area contributed by atoms with Crippen molar-refractivity contribution in [2.45, 2.75) is 38.5 Å². The van der Waals surface area contributed by atoms with Crippen LogP contribution in [-0.4, -0.2) is 47.8 Å². The molecule has 0 aromatic heterocycles. The summed E-state index contributed by atoms with van der Waals surface area (Å²) in [5.41, 5.74) is 0.262. The molecule has 4 rings (SSSR count). The molecule has 2 heterocycles. The maximum atomic E-state index is 13.1. The average molecular weight is 344 g/mol. The molecule has 1 atom stereocenters. The standard InChI is InChI=1S/C20H25FN2O2/c21-17-6-4-16(5-7-17)18(24)22-11-1-8-20(9-12-22)10-13-23(19(20)25)14-15-2-3-15/h4-7,15H,1-3,8-14H2/t20-/m0/s1. The monoisotopic (exact) mass is 344 g/mol. The quantitative estimate of drug-likeness (QED) is 0.845. The fraction of sp³-hybridized carbons (Fsp3) is 0.600. The lowest BCUT2D eigenvalue weighted by Crippen LogP contribution is -2.37. The van der Waals surface area contributed by atoms with Crippen molar-refractivity contribution in [3.05, 3.63) is 35.6 Å². The second-order valence-corrected chi connectivity index (χ2v) is 7.88. The number of carbonyl (C=O) groups is 2. The topological polar surface area (TPSA) is 40.6 Å². The summed E-state index contributed by atoms with van der Waals surface area (Å²) in [7, 11) is 0. The van der Waals surface area contributed by atoms with E-state index in [0.717, 1.165) is 44.7 Å². The van der Waals surface area contributed by atoms with E-state index >= 15 is 0 Å². The molecule has 1 saturated carbocycles. The molecule has 0 N–H and O–H groups in total. The van der Waals surface area contributed by atoms with Crippen molar-refractivity contribution in [1.82, 2.24) is 9.80 Å². The van der Waals surface area contributed by atoms with Gasteiger partial charge in [-0.3, -0.25) is 9.59 Å². The molecule has 1 aliphatic carbocycles. The zero-order chi connectivity index (χ0) is 17.4. The summed E-state index contributed by atoms with van der Waals surface area (Å²) in [4.78, 5) is 29.5. The molecule has 1 spiro atoms. The molecule has 1 aromatic rings. The number of halogens is 1. The Labute approximate surface area is 148 Å². The number of likely N-dealkylation sites (tertiary alicyclic amines) is 2. The van der Waals surface area contributed by atoms with Crippen molar-refractivity contribution < 1.29 is 14.0 Å². The van der Waals surface area contributed by atoms with Gasteiger partial charge in [-0.1, -0.05) is 0 Å². The number of hydrogen-bond donors (Lipinski definition) is 0. The predicted octanol–water partition coefficient (Wildman–Crippen LogP) is 3.08. The Morgan fingerprint density at radius 2 is 1.80 bits per heavy atom. The third kappa shape index (κ3) is 3.29. The van der Waals surface area contributed by atoms with Gasteiger partial charge in [-0.05, 0) is 68.7 Å². The van der Waals surface area contributed by atoms with Crippen molar-refractivity contribution in [1.29, 1.82) is 0 Å². The highest BCUT2D eigenvalue weighted by atomic mass is 19.1. The fourth-order valence-electron chi connectivity index (χ4n) is 4.32. The van der Waals surface area contributed by atoms with E-state index in [1.807, 2.05) is 4.90 Å². The highest BCUT2D eigenvalue weighted by Gasteiger charge is 2.48.